The summed E-state index contributed by atoms with van der Waals surface area (Å²) in [4.78, 5) is 0. The first kappa shape index (κ1) is 14.6. The third kappa shape index (κ3) is 2.79. The van der Waals surface area contributed by atoms with E-state index in [1.807, 2.05) is 30.3 Å². The molecule has 0 bridgehead atoms. The number of rotatable bonds is 3. The third-order valence-electron chi connectivity index (χ3n) is 4.35. The van der Waals surface area contributed by atoms with Crippen LogP contribution in [0.2, 0.25) is 0 Å². The van der Waals surface area contributed by atoms with Gasteiger partial charge in [-0.1, -0.05) is 72.3 Å². The van der Waals surface area contributed by atoms with Gasteiger partial charge in [0.05, 0.1) is 11.4 Å². The molecule has 24 heavy (non-hydrogen) atoms. The minimum absolute atomic E-state index is 0.873. The Morgan fingerprint density at radius 1 is 0.708 bits per heavy atom. The van der Waals surface area contributed by atoms with Crippen molar-refractivity contribution in [3.05, 3.63) is 101 Å². The van der Waals surface area contributed by atoms with Gasteiger partial charge in [0, 0.05) is 12.0 Å². The van der Waals surface area contributed by atoms with Crippen LogP contribution in [0, 0.1) is 6.92 Å². The van der Waals surface area contributed by atoms with E-state index in [0.29, 0.717) is 0 Å². The fraction of sp³-hybridized carbons (Fsp3) is 0.0909. The summed E-state index contributed by atoms with van der Waals surface area (Å²) in [5, 5.41) is 9.07. The number of hydrogen-bond donors (Lipinski definition) is 0. The summed E-state index contributed by atoms with van der Waals surface area (Å²) in [6, 6.07) is 27.0. The van der Waals surface area contributed by atoms with Gasteiger partial charge in [0.15, 0.2) is 0 Å². The Bertz CT molecular complexity index is 920. The van der Waals surface area contributed by atoms with E-state index in [1.54, 1.807) is 0 Å². The highest BCUT2D eigenvalue weighted by atomic mass is 15.1. The molecule has 1 aliphatic carbocycles. The molecule has 0 fully saturated rings. The van der Waals surface area contributed by atoms with E-state index < -0.39 is 0 Å². The maximum absolute atomic E-state index is 4.62. The highest BCUT2D eigenvalue weighted by Gasteiger charge is 2.22. The Hall–Kier alpha value is -3.00. The molecule has 0 saturated carbocycles. The van der Waals surface area contributed by atoms with E-state index >= 15 is 0 Å². The number of fused-ring (bicyclic) bond motifs is 1. The molecule has 4 rings (SSSR count). The van der Waals surface area contributed by atoms with E-state index in [-0.39, 0.29) is 0 Å². The molecule has 0 amide bonds. The van der Waals surface area contributed by atoms with Crippen molar-refractivity contribution < 1.29 is 0 Å². The normalized spacial score (nSPS) is 13.5. The highest BCUT2D eigenvalue weighted by Crippen LogP contribution is 2.39. The fourth-order valence-electron chi connectivity index (χ4n) is 3.05. The van der Waals surface area contributed by atoms with Gasteiger partial charge in [0.1, 0.15) is 0 Å². The number of nitrogens with zero attached hydrogens (tertiary/aromatic N) is 2. The second-order valence-electron chi connectivity index (χ2n) is 6.06. The average molecular weight is 310 g/mol. The maximum Gasteiger partial charge on any atom is 0.0973 e. The van der Waals surface area contributed by atoms with Gasteiger partial charge in [-0.15, -0.1) is 5.11 Å². The van der Waals surface area contributed by atoms with Crippen molar-refractivity contribution in [2.24, 2.45) is 10.2 Å². The van der Waals surface area contributed by atoms with Gasteiger partial charge < -0.3 is 0 Å². The van der Waals surface area contributed by atoms with Crippen molar-refractivity contribution in [1.29, 1.82) is 0 Å². The molecule has 2 nitrogen and oxygen atoms in total. The van der Waals surface area contributed by atoms with Crippen LogP contribution in [0.5, 0.6) is 0 Å². The standard InChI is InChI=1S/C22H18N2/c1-16-11-13-17(14-12-16)21-15-18-7-5-6-10-20(18)22(21)24-23-19-8-3-2-4-9-19/h2-14H,15H2,1H3. The predicted molar refractivity (Wildman–Crippen MR) is 99.1 cm³/mol. The van der Waals surface area contributed by atoms with E-state index in [0.717, 1.165) is 17.8 Å². The van der Waals surface area contributed by atoms with Gasteiger partial charge in [0.25, 0.3) is 0 Å². The van der Waals surface area contributed by atoms with Crippen LogP contribution in [0.4, 0.5) is 5.69 Å². The Morgan fingerprint density at radius 2 is 1.42 bits per heavy atom. The number of hydrogen-bond acceptors (Lipinski definition) is 2. The number of azo groups is 1. The molecule has 0 aliphatic heterocycles. The summed E-state index contributed by atoms with van der Waals surface area (Å²) >= 11 is 0. The summed E-state index contributed by atoms with van der Waals surface area (Å²) in [5.41, 5.74) is 8.09. The molecule has 116 valence electrons. The molecule has 0 spiro atoms. The molecule has 1 aliphatic rings. The van der Waals surface area contributed by atoms with Gasteiger partial charge in [-0.05, 0) is 35.8 Å². The monoisotopic (exact) mass is 310 g/mol. The lowest BCUT2D eigenvalue weighted by Gasteiger charge is -2.04. The summed E-state index contributed by atoms with van der Waals surface area (Å²) in [6.07, 6.45) is 0.905. The van der Waals surface area contributed by atoms with Crippen molar-refractivity contribution in [2.45, 2.75) is 13.3 Å². The lowest BCUT2D eigenvalue weighted by Crippen LogP contribution is -1.86. The Kier molecular flexibility index (Phi) is 3.80. The van der Waals surface area contributed by atoms with Crippen LogP contribution in [0.1, 0.15) is 22.3 Å². The summed E-state index contributed by atoms with van der Waals surface area (Å²) in [5.74, 6) is 0. The van der Waals surface area contributed by atoms with E-state index in [9.17, 15) is 0 Å². The van der Waals surface area contributed by atoms with Gasteiger partial charge in [0.2, 0.25) is 0 Å². The zero-order valence-electron chi connectivity index (χ0n) is 13.6. The Balaban J connectivity index is 1.80. The highest BCUT2D eigenvalue weighted by molar-refractivity contribution is 5.96. The molecular formula is C22H18N2. The van der Waals surface area contributed by atoms with Crippen molar-refractivity contribution in [2.75, 3.05) is 0 Å². The fourth-order valence-corrected chi connectivity index (χ4v) is 3.05. The van der Waals surface area contributed by atoms with E-state index in [4.69, 9.17) is 0 Å². The summed E-state index contributed by atoms with van der Waals surface area (Å²) in [6.45, 7) is 2.11. The molecule has 0 heterocycles. The van der Waals surface area contributed by atoms with Crippen LogP contribution in [0.25, 0.3) is 11.3 Å². The van der Waals surface area contributed by atoms with Crippen molar-refractivity contribution >= 4 is 17.0 Å². The lowest BCUT2D eigenvalue weighted by atomic mass is 10.0. The zero-order chi connectivity index (χ0) is 16.4. The number of aryl methyl sites for hydroxylation is 1. The van der Waals surface area contributed by atoms with Gasteiger partial charge in [-0.2, -0.15) is 5.11 Å². The molecule has 0 saturated heterocycles. The van der Waals surface area contributed by atoms with Crippen molar-refractivity contribution in [1.82, 2.24) is 0 Å². The molecule has 0 atom stereocenters. The first-order valence-corrected chi connectivity index (χ1v) is 8.16. The topological polar surface area (TPSA) is 24.7 Å². The zero-order valence-corrected chi connectivity index (χ0v) is 13.6. The molecule has 3 aromatic carbocycles. The second kappa shape index (κ2) is 6.25. The molecule has 0 radical (unpaired) electrons. The smallest absolute Gasteiger partial charge is 0.0973 e. The molecule has 0 N–H and O–H groups in total. The Morgan fingerprint density at radius 3 is 2.21 bits per heavy atom. The summed E-state index contributed by atoms with van der Waals surface area (Å²) < 4.78 is 0. The molecular weight excluding hydrogens is 292 g/mol. The minimum atomic E-state index is 0.873. The third-order valence-corrected chi connectivity index (χ3v) is 4.35. The molecule has 3 aromatic rings. The lowest BCUT2D eigenvalue weighted by molar-refractivity contribution is 1.24. The van der Waals surface area contributed by atoms with Gasteiger partial charge >= 0.3 is 0 Å². The number of benzene rings is 3. The van der Waals surface area contributed by atoms with Crippen LogP contribution >= 0.6 is 0 Å². The van der Waals surface area contributed by atoms with Crippen LogP contribution in [-0.4, -0.2) is 0 Å². The first-order valence-electron chi connectivity index (χ1n) is 8.16. The average Bonchev–Trinajstić information content (AvgIpc) is 3.00. The second-order valence-corrected chi connectivity index (χ2v) is 6.06. The molecule has 2 heteroatoms. The largest absolute Gasteiger partial charge is 0.151 e. The van der Waals surface area contributed by atoms with Crippen molar-refractivity contribution in [3.63, 3.8) is 0 Å². The quantitative estimate of drug-likeness (QED) is 0.514. The SMILES string of the molecule is Cc1ccc(C2=C(N=Nc3ccccc3)c3ccccc3C2)cc1. The van der Waals surface area contributed by atoms with E-state index in [1.165, 1.54) is 27.8 Å². The molecule has 0 unspecified atom stereocenters. The van der Waals surface area contributed by atoms with Crippen LogP contribution in [0.3, 0.4) is 0 Å². The van der Waals surface area contributed by atoms with Gasteiger partial charge in [-0.3, -0.25) is 0 Å². The summed E-state index contributed by atoms with van der Waals surface area (Å²) in [7, 11) is 0. The van der Waals surface area contributed by atoms with Crippen LogP contribution < -0.4 is 0 Å². The maximum atomic E-state index is 4.62. The van der Waals surface area contributed by atoms with Crippen LogP contribution in [0.15, 0.2) is 89.1 Å². The Labute approximate surface area is 142 Å². The predicted octanol–water partition coefficient (Wildman–Crippen LogP) is 6.20. The van der Waals surface area contributed by atoms with Gasteiger partial charge in [-0.25, -0.2) is 0 Å². The minimum Gasteiger partial charge on any atom is -0.151 e. The van der Waals surface area contributed by atoms with Crippen LogP contribution in [-0.2, 0) is 6.42 Å². The van der Waals surface area contributed by atoms with E-state index in [2.05, 4.69) is 65.7 Å². The van der Waals surface area contributed by atoms with Crippen molar-refractivity contribution in [3.8, 4) is 0 Å². The molecule has 0 aromatic heterocycles. The number of allylic oxidation sites excluding steroid dienone is 1. The first-order chi connectivity index (χ1) is 11.8.